The molecule has 0 saturated heterocycles. The average molecular weight is 513 g/mol. The molecular weight excluding hydrogens is 444 g/mol. The van der Waals surface area contributed by atoms with Crippen molar-refractivity contribution in [3.05, 3.63) is 23.8 Å². The second-order valence-corrected chi connectivity index (χ2v) is 13.0. The lowest BCUT2D eigenvalue weighted by Gasteiger charge is -2.42. The third-order valence-electron chi connectivity index (χ3n) is 9.86. The molecule has 2 rings (SSSR count). The lowest BCUT2D eigenvalue weighted by Crippen LogP contribution is -2.31. The molecule has 2 aliphatic carbocycles. The molecule has 0 heteroatoms. The van der Waals surface area contributed by atoms with E-state index >= 15 is 0 Å². The van der Waals surface area contributed by atoms with Crippen LogP contribution in [0.3, 0.4) is 0 Å². The van der Waals surface area contributed by atoms with Crippen molar-refractivity contribution >= 4 is 0 Å². The smallest absolute Gasteiger partial charge is 0.00172 e. The van der Waals surface area contributed by atoms with Crippen molar-refractivity contribution in [1.29, 1.82) is 0 Å². The van der Waals surface area contributed by atoms with Gasteiger partial charge in [0.15, 0.2) is 0 Å². The first-order chi connectivity index (χ1) is 18.2. The third kappa shape index (κ3) is 12.9. The van der Waals surface area contributed by atoms with Crippen molar-refractivity contribution in [3.63, 3.8) is 0 Å². The monoisotopic (exact) mass is 513 g/mol. The van der Waals surface area contributed by atoms with E-state index in [-0.39, 0.29) is 0 Å². The molecule has 0 radical (unpaired) electrons. The van der Waals surface area contributed by atoms with Gasteiger partial charge in [0.05, 0.1) is 0 Å². The predicted molar refractivity (Wildman–Crippen MR) is 168 cm³/mol. The zero-order valence-electron chi connectivity index (χ0n) is 26.1. The molecule has 0 saturated carbocycles. The van der Waals surface area contributed by atoms with E-state index in [9.17, 15) is 0 Å². The SMILES string of the molecule is CCCCCCCCCC1C=CC2CC(CCCC)C(CCCCCC)C=C2C1CCCCCCCC. The molecule has 0 fully saturated rings. The topological polar surface area (TPSA) is 0 Å². The van der Waals surface area contributed by atoms with E-state index in [0.717, 1.165) is 29.6 Å². The van der Waals surface area contributed by atoms with Crippen LogP contribution in [0.2, 0.25) is 0 Å². The minimum Gasteiger partial charge on any atom is -0.0842 e. The van der Waals surface area contributed by atoms with Gasteiger partial charge in [-0.2, -0.15) is 0 Å². The Balaban J connectivity index is 2.04. The van der Waals surface area contributed by atoms with Gasteiger partial charge in [-0.3, -0.25) is 0 Å². The van der Waals surface area contributed by atoms with Crippen LogP contribution in [0.15, 0.2) is 23.8 Å². The number of fused-ring (bicyclic) bond motifs is 1. The Morgan fingerprint density at radius 1 is 0.486 bits per heavy atom. The van der Waals surface area contributed by atoms with Gasteiger partial charge in [0.25, 0.3) is 0 Å². The number of unbranched alkanes of at least 4 members (excludes halogenated alkanes) is 15. The molecule has 216 valence electrons. The van der Waals surface area contributed by atoms with Gasteiger partial charge in [-0.05, 0) is 61.7 Å². The molecule has 0 spiro atoms. The molecule has 0 nitrogen and oxygen atoms in total. The number of allylic oxidation sites excluding steroid dienone is 4. The number of hydrogen-bond acceptors (Lipinski definition) is 0. The van der Waals surface area contributed by atoms with Crippen LogP contribution in [0, 0.1) is 29.6 Å². The Kier molecular flexibility index (Phi) is 18.8. The third-order valence-corrected chi connectivity index (χ3v) is 9.86. The van der Waals surface area contributed by atoms with Crippen molar-refractivity contribution in [3.8, 4) is 0 Å². The largest absolute Gasteiger partial charge is 0.0842 e. The molecule has 37 heavy (non-hydrogen) atoms. The summed E-state index contributed by atoms with van der Waals surface area (Å²) in [5.41, 5.74) is 1.91. The zero-order chi connectivity index (χ0) is 26.6. The molecule has 0 heterocycles. The normalized spacial score (nSPS) is 25.3. The van der Waals surface area contributed by atoms with Gasteiger partial charge in [0, 0.05) is 0 Å². The van der Waals surface area contributed by atoms with E-state index in [0.29, 0.717) is 0 Å². The predicted octanol–water partition coefficient (Wildman–Crippen LogP) is 13.0. The lowest BCUT2D eigenvalue weighted by molar-refractivity contribution is 0.242. The van der Waals surface area contributed by atoms with Gasteiger partial charge in [-0.15, -0.1) is 0 Å². The summed E-state index contributed by atoms with van der Waals surface area (Å²) >= 11 is 0. The molecule has 5 unspecified atom stereocenters. The second kappa shape index (κ2) is 21.3. The first kappa shape index (κ1) is 32.7. The minimum atomic E-state index is 0.768. The Bertz CT molecular complexity index is 583. The van der Waals surface area contributed by atoms with Crippen LogP contribution >= 0.6 is 0 Å². The van der Waals surface area contributed by atoms with Crippen LogP contribution in [-0.2, 0) is 0 Å². The van der Waals surface area contributed by atoms with Crippen molar-refractivity contribution < 1.29 is 0 Å². The highest BCUT2D eigenvalue weighted by molar-refractivity contribution is 5.27. The summed E-state index contributed by atoms with van der Waals surface area (Å²) in [5.74, 6) is 4.25. The Labute approximate surface area is 234 Å². The molecule has 2 aliphatic rings. The first-order valence-corrected chi connectivity index (χ1v) is 17.6. The Hall–Kier alpha value is -0.520. The molecule has 0 aliphatic heterocycles. The van der Waals surface area contributed by atoms with Crippen molar-refractivity contribution in [2.75, 3.05) is 0 Å². The van der Waals surface area contributed by atoms with Gasteiger partial charge >= 0.3 is 0 Å². The maximum Gasteiger partial charge on any atom is -0.00172 e. The molecular formula is C37H68. The van der Waals surface area contributed by atoms with Crippen molar-refractivity contribution in [2.24, 2.45) is 29.6 Å². The summed E-state index contributed by atoms with van der Waals surface area (Å²) in [6.07, 6.45) is 42.8. The van der Waals surface area contributed by atoms with Crippen molar-refractivity contribution in [1.82, 2.24) is 0 Å². The minimum absolute atomic E-state index is 0.768. The van der Waals surface area contributed by atoms with Gasteiger partial charge in [-0.25, -0.2) is 0 Å². The van der Waals surface area contributed by atoms with Gasteiger partial charge in [-0.1, -0.05) is 173 Å². The first-order valence-electron chi connectivity index (χ1n) is 17.6. The van der Waals surface area contributed by atoms with Gasteiger partial charge < -0.3 is 0 Å². The quantitative estimate of drug-likeness (QED) is 0.0943. The van der Waals surface area contributed by atoms with Crippen LogP contribution in [0.1, 0.15) is 182 Å². The van der Waals surface area contributed by atoms with Gasteiger partial charge in [0.1, 0.15) is 0 Å². The molecule has 0 N–H and O–H groups in total. The fourth-order valence-electron chi connectivity index (χ4n) is 7.47. The Morgan fingerprint density at radius 2 is 0.973 bits per heavy atom. The zero-order valence-corrected chi connectivity index (χ0v) is 26.1. The van der Waals surface area contributed by atoms with Crippen LogP contribution in [0.5, 0.6) is 0 Å². The molecule has 5 atom stereocenters. The number of hydrogen-bond donors (Lipinski definition) is 0. The molecule has 0 bridgehead atoms. The molecule has 0 aromatic carbocycles. The lowest BCUT2D eigenvalue weighted by atomic mass is 9.63. The summed E-state index contributed by atoms with van der Waals surface area (Å²) in [5, 5.41) is 0. The second-order valence-electron chi connectivity index (χ2n) is 13.0. The van der Waals surface area contributed by atoms with Crippen LogP contribution in [0.25, 0.3) is 0 Å². The van der Waals surface area contributed by atoms with Crippen LogP contribution in [-0.4, -0.2) is 0 Å². The van der Waals surface area contributed by atoms with Gasteiger partial charge in [0.2, 0.25) is 0 Å². The summed E-state index contributed by atoms with van der Waals surface area (Å²) in [4.78, 5) is 0. The molecule has 0 amide bonds. The van der Waals surface area contributed by atoms with E-state index in [1.54, 1.807) is 0 Å². The van der Waals surface area contributed by atoms with E-state index in [1.807, 2.05) is 5.57 Å². The standard InChI is InChI=1S/C37H68/c1-5-9-13-16-18-19-22-25-32-28-29-35-30-33(24-12-8-4)34(26-21-15-11-7-3)31-37(35)36(32)27-23-20-17-14-10-6-2/h28-29,31-36H,5-27,30H2,1-4H3. The summed E-state index contributed by atoms with van der Waals surface area (Å²) in [7, 11) is 0. The number of rotatable bonds is 23. The van der Waals surface area contributed by atoms with Crippen LogP contribution in [0.4, 0.5) is 0 Å². The highest BCUT2D eigenvalue weighted by Crippen LogP contribution is 2.48. The highest BCUT2D eigenvalue weighted by atomic mass is 14.4. The highest BCUT2D eigenvalue weighted by Gasteiger charge is 2.36. The van der Waals surface area contributed by atoms with E-state index in [1.165, 1.54) is 154 Å². The van der Waals surface area contributed by atoms with Crippen molar-refractivity contribution in [2.45, 2.75) is 182 Å². The average Bonchev–Trinajstić information content (AvgIpc) is 2.91. The fourth-order valence-corrected chi connectivity index (χ4v) is 7.47. The molecule has 0 aromatic rings. The maximum absolute atomic E-state index is 2.91. The van der Waals surface area contributed by atoms with E-state index in [4.69, 9.17) is 0 Å². The summed E-state index contributed by atoms with van der Waals surface area (Å²) in [6, 6.07) is 0. The fraction of sp³-hybridized carbons (Fsp3) is 0.892. The summed E-state index contributed by atoms with van der Waals surface area (Å²) in [6.45, 7) is 9.40. The summed E-state index contributed by atoms with van der Waals surface area (Å²) < 4.78 is 0. The maximum atomic E-state index is 2.91. The van der Waals surface area contributed by atoms with E-state index < -0.39 is 0 Å². The Morgan fingerprint density at radius 3 is 1.57 bits per heavy atom. The molecule has 0 aromatic heterocycles. The van der Waals surface area contributed by atoms with E-state index in [2.05, 4.69) is 45.9 Å². The van der Waals surface area contributed by atoms with Crippen LogP contribution < -0.4 is 0 Å².